The molecule has 1 N–H and O–H groups in total. The molecular weight excluding hydrogens is 268 g/mol. The lowest BCUT2D eigenvalue weighted by atomic mass is 9.92. The molecule has 3 heterocycles. The van der Waals surface area contributed by atoms with Gasteiger partial charge in [-0.05, 0) is 36.6 Å². The SMILES string of the molecule is Cc1csc(C(=O)N2CCCC3CNCC32)c1Cl. The number of amides is 1. The number of piperidine rings is 1. The molecule has 0 bridgehead atoms. The van der Waals surface area contributed by atoms with Gasteiger partial charge in [0.2, 0.25) is 0 Å². The smallest absolute Gasteiger partial charge is 0.265 e. The van der Waals surface area contributed by atoms with Gasteiger partial charge in [0.1, 0.15) is 4.88 Å². The molecule has 1 aromatic heterocycles. The molecule has 0 radical (unpaired) electrons. The third-order valence-electron chi connectivity index (χ3n) is 4.03. The number of hydrogen-bond acceptors (Lipinski definition) is 3. The van der Waals surface area contributed by atoms with E-state index in [4.69, 9.17) is 11.6 Å². The number of carbonyl (C=O) groups is 1. The first-order chi connectivity index (χ1) is 8.68. The summed E-state index contributed by atoms with van der Waals surface area (Å²) in [6.45, 7) is 4.80. The predicted molar refractivity (Wildman–Crippen MR) is 74.5 cm³/mol. The first-order valence-corrected chi connectivity index (χ1v) is 7.69. The minimum Gasteiger partial charge on any atom is -0.333 e. The highest BCUT2D eigenvalue weighted by Gasteiger charge is 2.38. The number of halogens is 1. The van der Waals surface area contributed by atoms with Gasteiger partial charge in [-0.15, -0.1) is 11.3 Å². The van der Waals surface area contributed by atoms with Crippen molar-refractivity contribution in [1.82, 2.24) is 10.2 Å². The van der Waals surface area contributed by atoms with Crippen LogP contribution in [0.3, 0.4) is 0 Å². The molecule has 1 amide bonds. The van der Waals surface area contributed by atoms with Gasteiger partial charge in [0, 0.05) is 25.7 Å². The highest BCUT2D eigenvalue weighted by atomic mass is 35.5. The summed E-state index contributed by atoms with van der Waals surface area (Å²) in [7, 11) is 0. The number of thiophene rings is 1. The predicted octanol–water partition coefficient (Wildman–Crippen LogP) is 2.53. The summed E-state index contributed by atoms with van der Waals surface area (Å²) in [4.78, 5) is 15.3. The average molecular weight is 285 g/mol. The van der Waals surface area contributed by atoms with Crippen LogP contribution in [0.25, 0.3) is 0 Å². The van der Waals surface area contributed by atoms with Gasteiger partial charge in [0.15, 0.2) is 0 Å². The molecule has 3 nitrogen and oxygen atoms in total. The Morgan fingerprint density at radius 2 is 2.39 bits per heavy atom. The van der Waals surface area contributed by atoms with Crippen LogP contribution in [0.4, 0.5) is 0 Å². The number of carbonyl (C=O) groups excluding carboxylic acids is 1. The molecule has 2 aliphatic heterocycles. The van der Waals surface area contributed by atoms with Gasteiger partial charge in [0.05, 0.1) is 5.02 Å². The van der Waals surface area contributed by atoms with E-state index in [2.05, 4.69) is 5.32 Å². The van der Waals surface area contributed by atoms with Crippen molar-refractivity contribution in [2.75, 3.05) is 19.6 Å². The molecule has 0 spiro atoms. The van der Waals surface area contributed by atoms with Gasteiger partial charge in [-0.25, -0.2) is 0 Å². The Morgan fingerprint density at radius 3 is 3.11 bits per heavy atom. The monoisotopic (exact) mass is 284 g/mol. The van der Waals surface area contributed by atoms with E-state index in [1.165, 1.54) is 17.8 Å². The van der Waals surface area contributed by atoms with E-state index in [9.17, 15) is 4.79 Å². The van der Waals surface area contributed by atoms with Gasteiger partial charge in [0.25, 0.3) is 5.91 Å². The van der Waals surface area contributed by atoms with E-state index < -0.39 is 0 Å². The van der Waals surface area contributed by atoms with Crippen molar-refractivity contribution in [2.24, 2.45) is 5.92 Å². The van der Waals surface area contributed by atoms with Crippen LogP contribution in [0.2, 0.25) is 5.02 Å². The zero-order valence-electron chi connectivity index (χ0n) is 10.4. The minimum atomic E-state index is 0.122. The molecular formula is C13H17ClN2OS. The first kappa shape index (κ1) is 12.5. The Kier molecular flexibility index (Phi) is 3.34. The summed E-state index contributed by atoms with van der Waals surface area (Å²) < 4.78 is 0. The summed E-state index contributed by atoms with van der Waals surface area (Å²) in [6, 6.07) is 0.365. The third kappa shape index (κ3) is 1.96. The number of aryl methyl sites for hydroxylation is 1. The number of rotatable bonds is 1. The number of nitrogens with zero attached hydrogens (tertiary/aromatic N) is 1. The summed E-state index contributed by atoms with van der Waals surface area (Å²) in [5.74, 6) is 0.749. The lowest BCUT2D eigenvalue weighted by Crippen LogP contribution is -2.48. The molecule has 0 aromatic carbocycles. The number of nitrogens with one attached hydrogen (secondary N) is 1. The third-order valence-corrected chi connectivity index (χ3v) is 5.72. The fraction of sp³-hybridized carbons (Fsp3) is 0.615. The lowest BCUT2D eigenvalue weighted by Gasteiger charge is -2.36. The van der Waals surface area contributed by atoms with Crippen LogP contribution >= 0.6 is 22.9 Å². The van der Waals surface area contributed by atoms with E-state index in [1.807, 2.05) is 17.2 Å². The Labute approximate surface area is 116 Å². The zero-order valence-corrected chi connectivity index (χ0v) is 12.0. The van der Waals surface area contributed by atoms with Gasteiger partial charge in [-0.1, -0.05) is 11.6 Å². The normalized spacial score (nSPS) is 27.3. The minimum absolute atomic E-state index is 0.122. The molecule has 2 atom stereocenters. The number of fused-ring (bicyclic) bond motifs is 1. The van der Waals surface area contributed by atoms with Crippen LogP contribution in [0, 0.1) is 12.8 Å². The van der Waals surface area contributed by atoms with Crippen LogP contribution in [0.15, 0.2) is 5.38 Å². The Bertz CT molecular complexity index is 474. The quantitative estimate of drug-likeness (QED) is 0.859. The highest BCUT2D eigenvalue weighted by Crippen LogP contribution is 2.32. The van der Waals surface area contributed by atoms with Crippen LogP contribution in [0.5, 0.6) is 0 Å². The topological polar surface area (TPSA) is 32.3 Å². The largest absolute Gasteiger partial charge is 0.333 e. The maximum atomic E-state index is 12.6. The Hall–Kier alpha value is -0.580. The van der Waals surface area contributed by atoms with Crippen molar-refractivity contribution in [2.45, 2.75) is 25.8 Å². The molecule has 2 aliphatic rings. The molecule has 2 fully saturated rings. The number of hydrogen-bond donors (Lipinski definition) is 1. The van der Waals surface area contributed by atoms with Crippen LogP contribution in [-0.4, -0.2) is 36.5 Å². The fourth-order valence-electron chi connectivity index (χ4n) is 3.02. The highest BCUT2D eigenvalue weighted by molar-refractivity contribution is 7.13. The summed E-state index contributed by atoms with van der Waals surface area (Å²) in [5, 5.41) is 6.00. The average Bonchev–Trinajstić information content (AvgIpc) is 2.96. The van der Waals surface area contributed by atoms with Gasteiger partial charge < -0.3 is 10.2 Å². The summed E-state index contributed by atoms with van der Waals surface area (Å²) >= 11 is 7.68. The Morgan fingerprint density at radius 1 is 1.56 bits per heavy atom. The number of likely N-dealkylation sites (tertiary alicyclic amines) is 1. The van der Waals surface area contributed by atoms with Crippen molar-refractivity contribution >= 4 is 28.8 Å². The zero-order chi connectivity index (χ0) is 12.7. The van der Waals surface area contributed by atoms with Gasteiger partial charge in [-0.2, -0.15) is 0 Å². The van der Waals surface area contributed by atoms with Crippen LogP contribution in [0.1, 0.15) is 28.1 Å². The van der Waals surface area contributed by atoms with E-state index in [1.54, 1.807) is 0 Å². The van der Waals surface area contributed by atoms with Gasteiger partial charge >= 0.3 is 0 Å². The van der Waals surface area contributed by atoms with E-state index in [0.29, 0.717) is 21.9 Å². The van der Waals surface area contributed by atoms with Gasteiger partial charge in [-0.3, -0.25) is 4.79 Å². The van der Waals surface area contributed by atoms with Crippen molar-refractivity contribution in [3.05, 3.63) is 20.8 Å². The fourth-order valence-corrected chi connectivity index (χ4v) is 4.25. The second-order valence-corrected chi connectivity index (χ2v) is 6.45. The van der Waals surface area contributed by atoms with Crippen molar-refractivity contribution in [1.29, 1.82) is 0 Å². The van der Waals surface area contributed by atoms with Crippen molar-refractivity contribution < 1.29 is 4.79 Å². The van der Waals surface area contributed by atoms with Crippen LogP contribution < -0.4 is 5.32 Å². The molecule has 0 saturated carbocycles. The molecule has 2 unspecified atom stereocenters. The van der Waals surface area contributed by atoms with E-state index in [0.717, 1.165) is 31.6 Å². The first-order valence-electron chi connectivity index (χ1n) is 6.43. The molecule has 18 heavy (non-hydrogen) atoms. The molecule has 0 aliphatic carbocycles. The standard InChI is InChI=1S/C13H17ClN2OS/c1-8-7-18-12(11(8)14)13(17)16-4-2-3-9-5-15-6-10(9)16/h7,9-10,15H,2-6H2,1H3. The molecule has 98 valence electrons. The second-order valence-electron chi connectivity index (χ2n) is 5.19. The molecule has 2 saturated heterocycles. The summed E-state index contributed by atoms with van der Waals surface area (Å²) in [6.07, 6.45) is 2.34. The molecule has 5 heteroatoms. The molecule has 1 aromatic rings. The maximum absolute atomic E-state index is 12.6. The lowest BCUT2D eigenvalue weighted by molar-refractivity contribution is 0.0580. The van der Waals surface area contributed by atoms with Crippen molar-refractivity contribution in [3.8, 4) is 0 Å². The van der Waals surface area contributed by atoms with E-state index in [-0.39, 0.29) is 5.91 Å². The van der Waals surface area contributed by atoms with E-state index >= 15 is 0 Å². The second kappa shape index (κ2) is 4.83. The molecule has 3 rings (SSSR count). The van der Waals surface area contributed by atoms with Crippen molar-refractivity contribution in [3.63, 3.8) is 0 Å². The van der Waals surface area contributed by atoms with Crippen LogP contribution in [-0.2, 0) is 0 Å². The summed E-state index contributed by atoms with van der Waals surface area (Å²) in [5.41, 5.74) is 1.00. The maximum Gasteiger partial charge on any atom is 0.265 e. The Balaban J connectivity index is 1.85.